The van der Waals surface area contributed by atoms with E-state index in [0.717, 1.165) is 0 Å². The van der Waals surface area contributed by atoms with Gasteiger partial charge < -0.3 is 18.6 Å². The number of carbonyl (C=O) groups is 3. The molecule has 8 nitrogen and oxygen atoms in total. The lowest BCUT2D eigenvalue weighted by atomic mass is 10.1. The molecule has 0 radical (unpaired) electrons. The predicted molar refractivity (Wildman–Crippen MR) is 103 cm³/mol. The van der Waals surface area contributed by atoms with E-state index in [1.165, 1.54) is 20.3 Å². The fourth-order valence-electron chi connectivity index (χ4n) is 2.78. The highest BCUT2D eigenvalue weighted by Gasteiger charge is 2.21. The molecule has 0 aliphatic carbocycles. The molecule has 150 valence electrons. The zero-order valence-electron chi connectivity index (χ0n) is 16.1. The summed E-state index contributed by atoms with van der Waals surface area (Å²) in [5, 5.41) is 2.85. The molecule has 0 saturated carbocycles. The number of imide groups is 1. The second kappa shape index (κ2) is 8.47. The van der Waals surface area contributed by atoms with Crippen molar-refractivity contribution < 1.29 is 33.0 Å². The van der Waals surface area contributed by atoms with Crippen molar-refractivity contribution in [2.24, 2.45) is 0 Å². The van der Waals surface area contributed by atoms with E-state index in [0.29, 0.717) is 28.0 Å². The number of furan rings is 1. The van der Waals surface area contributed by atoms with E-state index < -0.39 is 24.4 Å². The Bertz CT molecular complexity index is 1080. The minimum absolute atomic E-state index is 0.0166. The first-order valence-electron chi connectivity index (χ1n) is 8.66. The van der Waals surface area contributed by atoms with E-state index in [1.807, 2.05) is 0 Å². The van der Waals surface area contributed by atoms with Gasteiger partial charge in [-0.05, 0) is 37.3 Å². The maximum absolute atomic E-state index is 12.3. The first kappa shape index (κ1) is 19.9. The second-order valence-corrected chi connectivity index (χ2v) is 6.07. The highest BCUT2D eigenvalue weighted by atomic mass is 16.5. The lowest BCUT2D eigenvalue weighted by Gasteiger charge is -2.08. The van der Waals surface area contributed by atoms with Crippen LogP contribution < -0.4 is 14.8 Å². The van der Waals surface area contributed by atoms with Crippen LogP contribution in [0.3, 0.4) is 0 Å². The monoisotopic (exact) mass is 397 g/mol. The molecular formula is C21H19NO7. The Morgan fingerprint density at radius 1 is 1.03 bits per heavy atom. The van der Waals surface area contributed by atoms with Gasteiger partial charge in [-0.25, -0.2) is 4.79 Å². The number of para-hydroxylation sites is 1. The van der Waals surface area contributed by atoms with Gasteiger partial charge in [0.2, 0.25) is 5.76 Å². The van der Waals surface area contributed by atoms with Gasteiger partial charge in [-0.3, -0.25) is 14.9 Å². The van der Waals surface area contributed by atoms with Crippen LogP contribution in [0.1, 0.15) is 26.5 Å². The van der Waals surface area contributed by atoms with Gasteiger partial charge in [0.25, 0.3) is 11.8 Å². The van der Waals surface area contributed by atoms with E-state index in [1.54, 1.807) is 43.3 Å². The van der Waals surface area contributed by atoms with Gasteiger partial charge in [0.15, 0.2) is 6.61 Å². The van der Waals surface area contributed by atoms with Crippen molar-refractivity contribution in [1.29, 1.82) is 0 Å². The molecule has 2 aromatic carbocycles. The van der Waals surface area contributed by atoms with Gasteiger partial charge in [-0.15, -0.1) is 0 Å². The average molecular weight is 397 g/mol. The SMILES string of the molecule is COc1ccc2oc(C(=O)OCC(=O)NC(=O)c3ccccc3OC)c(C)c2c1. The maximum Gasteiger partial charge on any atom is 0.375 e. The molecule has 1 heterocycles. The number of benzene rings is 2. The van der Waals surface area contributed by atoms with Crippen LogP contribution in [0.4, 0.5) is 0 Å². The lowest BCUT2D eigenvalue weighted by molar-refractivity contribution is -0.123. The van der Waals surface area contributed by atoms with E-state index in [2.05, 4.69) is 5.32 Å². The quantitative estimate of drug-likeness (QED) is 0.638. The molecule has 0 saturated heterocycles. The number of carbonyl (C=O) groups excluding carboxylic acids is 3. The summed E-state index contributed by atoms with van der Waals surface area (Å²) in [6, 6.07) is 11.6. The van der Waals surface area contributed by atoms with Crippen molar-refractivity contribution in [3.05, 3.63) is 59.4 Å². The summed E-state index contributed by atoms with van der Waals surface area (Å²) in [4.78, 5) is 36.5. The Labute approximate surface area is 166 Å². The molecule has 1 N–H and O–H groups in total. The summed E-state index contributed by atoms with van der Waals surface area (Å²) in [7, 11) is 2.96. The Balaban J connectivity index is 1.64. The van der Waals surface area contributed by atoms with Crippen LogP contribution in [0.15, 0.2) is 46.9 Å². The van der Waals surface area contributed by atoms with Crippen molar-refractivity contribution in [3.8, 4) is 11.5 Å². The number of nitrogens with one attached hydrogen (secondary N) is 1. The van der Waals surface area contributed by atoms with Crippen LogP contribution in [0.5, 0.6) is 11.5 Å². The zero-order chi connectivity index (χ0) is 21.0. The molecule has 2 amide bonds. The minimum Gasteiger partial charge on any atom is -0.497 e. The molecule has 0 spiro atoms. The smallest absolute Gasteiger partial charge is 0.375 e. The molecule has 0 bridgehead atoms. The van der Waals surface area contributed by atoms with E-state index in [9.17, 15) is 14.4 Å². The molecule has 29 heavy (non-hydrogen) atoms. The van der Waals surface area contributed by atoms with E-state index >= 15 is 0 Å². The standard InChI is InChI=1S/C21H19NO7/c1-12-15-10-13(26-2)8-9-17(15)29-19(12)21(25)28-11-18(23)22-20(24)14-6-4-5-7-16(14)27-3/h4-10H,11H2,1-3H3,(H,22,23,24). The van der Waals surface area contributed by atoms with Crippen molar-refractivity contribution >= 4 is 28.8 Å². The fourth-order valence-corrected chi connectivity index (χ4v) is 2.78. The highest BCUT2D eigenvalue weighted by Crippen LogP contribution is 2.29. The summed E-state index contributed by atoms with van der Waals surface area (Å²) >= 11 is 0. The van der Waals surface area contributed by atoms with Gasteiger partial charge in [-0.1, -0.05) is 12.1 Å². The van der Waals surface area contributed by atoms with Crippen molar-refractivity contribution in [2.45, 2.75) is 6.92 Å². The molecule has 0 fully saturated rings. The van der Waals surface area contributed by atoms with Crippen LogP contribution in [0.25, 0.3) is 11.0 Å². The summed E-state index contributed by atoms with van der Waals surface area (Å²) in [5.74, 6) is -1.31. The Kier molecular flexibility index (Phi) is 5.82. The number of methoxy groups -OCH3 is 2. The van der Waals surface area contributed by atoms with E-state index in [-0.39, 0.29) is 11.3 Å². The van der Waals surface area contributed by atoms with Gasteiger partial charge in [0.1, 0.15) is 17.1 Å². The summed E-state index contributed by atoms with van der Waals surface area (Å²) in [6.45, 7) is 1.06. The minimum atomic E-state index is -0.808. The molecule has 3 aromatic rings. The predicted octanol–water partition coefficient (Wildman–Crippen LogP) is 2.87. The average Bonchev–Trinajstić information content (AvgIpc) is 3.07. The van der Waals surface area contributed by atoms with Gasteiger partial charge in [-0.2, -0.15) is 0 Å². The lowest BCUT2D eigenvalue weighted by Crippen LogP contribution is -2.34. The molecular weight excluding hydrogens is 378 g/mol. The summed E-state index contributed by atoms with van der Waals surface area (Å²) in [6.07, 6.45) is 0. The van der Waals surface area contributed by atoms with Crippen LogP contribution in [-0.2, 0) is 9.53 Å². The molecule has 0 unspecified atom stereocenters. The zero-order valence-corrected chi connectivity index (χ0v) is 16.1. The first-order valence-corrected chi connectivity index (χ1v) is 8.66. The molecule has 8 heteroatoms. The Morgan fingerprint density at radius 2 is 1.79 bits per heavy atom. The van der Waals surface area contributed by atoms with Crippen molar-refractivity contribution in [2.75, 3.05) is 20.8 Å². The number of rotatable bonds is 6. The van der Waals surface area contributed by atoms with Crippen LogP contribution in [0, 0.1) is 6.92 Å². The molecule has 0 aliphatic rings. The largest absolute Gasteiger partial charge is 0.497 e. The Hall–Kier alpha value is -3.81. The highest BCUT2D eigenvalue weighted by molar-refractivity contribution is 6.07. The third-order valence-electron chi connectivity index (χ3n) is 4.27. The van der Waals surface area contributed by atoms with Crippen LogP contribution in [-0.4, -0.2) is 38.6 Å². The van der Waals surface area contributed by atoms with Crippen LogP contribution in [0.2, 0.25) is 0 Å². The van der Waals surface area contributed by atoms with Crippen molar-refractivity contribution in [1.82, 2.24) is 5.32 Å². The Morgan fingerprint density at radius 3 is 2.52 bits per heavy atom. The van der Waals surface area contributed by atoms with Crippen molar-refractivity contribution in [3.63, 3.8) is 0 Å². The molecule has 0 atom stereocenters. The number of amides is 2. The maximum atomic E-state index is 12.3. The van der Waals surface area contributed by atoms with Gasteiger partial charge >= 0.3 is 5.97 Å². The third-order valence-corrected chi connectivity index (χ3v) is 4.27. The second-order valence-electron chi connectivity index (χ2n) is 6.07. The summed E-state index contributed by atoms with van der Waals surface area (Å²) < 4.78 is 20.8. The molecule has 1 aromatic heterocycles. The topological polar surface area (TPSA) is 104 Å². The number of aryl methyl sites for hydroxylation is 1. The molecule has 3 rings (SSSR count). The van der Waals surface area contributed by atoms with Crippen LogP contribution >= 0.6 is 0 Å². The number of ether oxygens (including phenoxy) is 3. The number of hydrogen-bond donors (Lipinski definition) is 1. The number of esters is 1. The number of hydrogen-bond acceptors (Lipinski definition) is 7. The van der Waals surface area contributed by atoms with Gasteiger partial charge in [0.05, 0.1) is 19.8 Å². The van der Waals surface area contributed by atoms with Gasteiger partial charge in [0, 0.05) is 10.9 Å². The van der Waals surface area contributed by atoms with E-state index in [4.69, 9.17) is 18.6 Å². The normalized spacial score (nSPS) is 10.4. The first-order chi connectivity index (χ1) is 13.9. The third kappa shape index (κ3) is 4.21. The summed E-state index contributed by atoms with van der Waals surface area (Å²) in [5.41, 5.74) is 1.25. The fraction of sp³-hybridized carbons (Fsp3) is 0.190. The number of fused-ring (bicyclic) bond motifs is 1. The molecule has 0 aliphatic heterocycles.